The number of halogens is 1. The lowest BCUT2D eigenvalue weighted by Gasteiger charge is -2.42. The molecule has 2 aromatic heterocycles. The number of H-pyrrole nitrogens is 1. The SMILES string of the molecule is CCN1CCN(C2CCN(c3cc(-c4nc5ccccc5[nH]4)c(Cl)cn3)CC2)CC1. The maximum atomic E-state index is 6.49. The first-order valence-corrected chi connectivity index (χ1v) is 11.4. The molecule has 158 valence electrons. The molecule has 1 N–H and O–H groups in total. The Kier molecular flexibility index (Phi) is 5.63. The first-order valence-electron chi connectivity index (χ1n) is 11.0. The van der Waals surface area contributed by atoms with Crippen molar-refractivity contribution < 1.29 is 0 Å². The molecule has 4 heterocycles. The summed E-state index contributed by atoms with van der Waals surface area (Å²) in [5, 5.41) is 0.626. The summed E-state index contributed by atoms with van der Waals surface area (Å²) in [5.74, 6) is 1.79. The number of piperazine rings is 1. The molecule has 0 radical (unpaired) electrons. The Labute approximate surface area is 182 Å². The molecule has 0 atom stereocenters. The van der Waals surface area contributed by atoms with E-state index in [1.165, 1.54) is 45.6 Å². The monoisotopic (exact) mass is 424 g/mol. The highest BCUT2D eigenvalue weighted by Gasteiger charge is 2.28. The van der Waals surface area contributed by atoms with E-state index in [9.17, 15) is 0 Å². The van der Waals surface area contributed by atoms with E-state index in [0.717, 1.165) is 41.3 Å². The zero-order valence-corrected chi connectivity index (χ0v) is 18.3. The first kappa shape index (κ1) is 19.8. The normalized spacial score (nSPS) is 19.6. The molecule has 0 spiro atoms. The summed E-state index contributed by atoms with van der Waals surface area (Å²) in [6.45, 7) is 10.3. The van der Waals surface area contributed by atoms with Crippen molar-refractivity contribution in [3.05, 3.63) is 41.6 Å². The molecule has 5 rings (SSSR count). The number of imidazole rings is 1. The Morgan fingerprint density at radius 2 is 1.83 bits per heavy atom. The number of piperidine rings is 1. The average molecular weight is 425 g/mol. The molecule has 2 aliphatic rings. The van der Waals surface area contributed by atoms with Gasteiger partial charge in [-0.1, -0.05) is 30.7 Å². The van der Waals surface area contributed by atoms with Crippen molar-refractivity contribution in [1.82, 2.24) is 24.8 Å². The van der Waals surface area contributed by atoms with Crippen molar-refractivity contribution in [3.8, 4) is 11.4 Å². The molecule has 2 saturated heterocycles. The first-order chi connectivity index (χ1) is 14.7. The number of anilines is 1. The van der Waals surface area contributed by atoms with Crippen LogP contribution in [0.3, 0.4) is 0 Å². The van der Waals surface area contributed by atoms with Gasteiger partial charge in [-0.15, -0.1) is 0 Å². The van der Waals surface area contributed by atoms with Crippen LogP contribution in [-0.4, -0.2) is 76.6 Å². The van der Waals surface area contributed by atoms with Crippen LogP contribution in [0.4, 0.5) is 5.82 Å². The van der Waals surface area contributed by atoms with E-state index >= 15 is 0 Å². The Hall–Kier alpha value is -2.15. The fraction of sp³-hybridized carbons (Fsp3) is 0.478. The van der Waals surface area contributed by atoms with Crippen molar-refractivity contribution in [2.75, 3.05) is 50.7 Å². The topological polar surface area (TPSA) is 51.3 Å². The number of aromatic nitrogens is 3. The Morgan fingerprint density at radius 1 is 1.07 bits per heavy atom. The van der Waals surface area contributed by atoms with Crippen LogP contribution < -0.4 is 4.90 Å². The van der Waals surface area contributed by atoms with Gasteiger partial charge in [0.05, 0.1) is 16.1 Å². The van der Waals surface area contributed by atoms with E-state index in [0.29, 0.717) is 11.1 Å². The van der Waals surface area contributed by atoms with Crippen LogP contribution in [0.1, 0.15) is 19.8 Å². The predicted molar refractivity (Wildman–Crippen MR) is 123 cm³/mol. The van der Waals surface area contributed by atoms with E-state index in [4.69, 9.17) is 16.6 Å². The number of nitrogens with one attached hydrogen (secondary N) is 1. The second kappa shape index (κ2) is 8.53. The van der Waals surface area contributed by atoms with Crippen LogP contribution in [0.5, 0.6) is 0 Å². The van der Waals surface area contributed by atoms with Crippen molar-refractivity contribution in [2.24, 2.45) is 0 Å². The number of hydrogen-bond donors (Lipinski definition) is 1. The number of benzene rings is 1. The van der Waals surface area contributed by atoms with E-state index in [1.54, 1.807) is 6.20 Å². The summed E-state index contributed by atoms with van der Waals surface area (Å²) in [6.07, 6.45) is 4.14. The minimum atomic E-state index is 0.626. The van der Waals surface area contributed by atoms with Crippen LogP contribution in [0.25, 0.3) is 22.4 Å². The molecule has 2 aliphatic heterocycles. The second-order valence-corrected chi connectivity index (χ2v) is 8.72. The van der Waals surface area contributed by atoms with Gasteiger partial charge in [0.1, 0.15) is 11.6 Å². The second-order valence-electron chi connectivity index (χ2n) is 8.31. The number of rotatable bonds is 4. The minimum absolute atomic E-state index is 0.626. The van der Waals surface area contributed by atoms with E-state index < -0.39 is 0 Å². The maximum Gasteiger partial charge on any atom is 0.140 e. The number of aromatic amines is 1. The molecule has 0 amide bonds. The van der Waals surface area contributed by atoms with Gasteiger partial charge in [0.15, 0.2) is 0 Å². The van der Waals surface area contributed by atoms with Gasteiger partial charge in [0.2, 0.25) is 0 Å². The summed E-state index contributed by atoms with van der Waals surface area (Å²) in [6, 6.07) is 10.8. The molecular formula is C23H29ClN6. The van der Waals surface area contributed by atoms with E-state index in [2.05, 4.69) is 37.7 Å². The fourth-order valence-corrected chi connectivity index (χ4v) is 4.96. The number of para-hydroxylation sites is 2. The van der Waals surface area contributed by atoms with E-state index in [1.807, 2.05) is 24.3 Å². The third kappa shape index (κ3) is 3.92. The zero-order chi connectivity index (χ0) is 20.5. The van der Waals surface area contributed by atoms with Crippen molar-refractivity contribution in [1.29, 1.82) is 0 Å². The van der Waals surface area contributed by atoms with Crippen LogP contribution in [0, 0.1) is 0 Å². The van der Waals surface area contributed by atoms with Crippen molar-refractivity contribution >= 4 is 28.5 Å². The molecule has 0 saturated carbocycles. The molecule has 7 heteroatoms. The lowest BCUT2D eigenvalue weighted by molar-refractivity contribution is 0.0878. The van der Waals surface area contributed by atoms with Crippen LogP contribution in [0.15, 0.2) is 36.5 Å². The highest BCUT2D eigenvalue weighted by atomic mass is 35.5. The fourth-order valence-electron chi connectivity index (χ4n) is 4.77. The number of pyridine rings is 1. The summed E-state index contributed by atoms with van der Waals surface area (Å²) in [5.41, 5.74) is 2.88. The van der Waals surface area contributed by atoms with Gasteiger partial charge >= 0.3 is 0 Å². The minimum Gasteiger partial charge on any atom is -0.356 e. The number of fused-ring (bicyclic) bond motifs is 1. The number of hydrogen-bond acceptors (Lipinski definition) is 5. The van der Waals surface area contributed by atoms with Gasteiger partial charge in [-0.3, -0.25) is 4.90 Å². The molecular weight excluding hydrogens is 396 g/mol. The molecule has 30 heavy (non-hydrogen) atoms. The third-order valence-corrected chi connectivity index (χ3v) is 6.95. The highest BCUT2D eigenvalue weighted by Crippen LogP contribution is 2.31. The largest absolute Gasteiger partial charge is 0.356 e. The summed E-state index contributed by atoms with van der Waals surface area (Å²) >= 11 is 6.49. The van der Waals surface area contributed by atoms with Crippen molar-refractivity contribution in [3.63, 3.8) is 0 Å². The van der Waals surface area contributed by atoms with E-state index in [-0.39, 0.29) is 0 Å². The smallest absolute Gasteiger partial charge is 0.140 e. The van der Waals surface area contributed by atoms with Crippen LogP contribution >= 0.6 is 11.6 Å². The average Bonchev–Trinajstić information content (AvgIpc) is 3.24. The lowest BCUT2D eigenvalue weighted by atomic mass is 10.0. The van der Waals surface area contributed by atoms with Gasteiger partial charge in [-0.05, 0) is 37.6 Å². The lowest BCUT2D eigenvalue weighted by Crippen LogP contribution is -2.53. The molecule has 3 aromatic rings. The van der Waals surface area contributed by atoms with Gasteiger partial charge in [-0.2, -0.15) is 0 Å². The Bertz CT molecular complexity index is 969. The summed E-state index contributed by atoms with van der Waals surface area (Å²) in [7, 11) is 0. The van der Waals surface area contributed by atoms with Gasteiger partial charge < -0.3 is 14.8 Å². The molecule has 0 unspecified atom stereocenters. The van der Waals surface area contributed by atoms with Crippen LogP contribution in [0.2, 0.25) is 5.02 Å². The standard InChI is InChI=1S/C23H29ClN6/c1-2-28-11-13-29(14-12-28)17-7-9-30(10-8-17)22-15-18(19(24)16-25-22)23-26-20-5-3-4-6-21(20)27-23/h3-6,15-17H,2,7-14H2,1H3,(H,26,27). The summed E-state index contributed by atoms with van der Waals surface area (Å²) in [4.78, 5) is 20.4. The van der Waals surface area contributed by atoms with Gasteiger partial charge in [0, 0.05) is 57.1 Å². The molecule has 2 fully saturated rings. The highest BCUT2D eigenvalue weighted by molar-refractivity contribution is 6.33. The van der Waals surface area contributed by atoms with Crippen LogP contribution in [-0.2, 0) is 0 Å². The summed E-state index contributed by atoms with van der Waals surface area (Å²) < 4.78 is 0. The molecule has 6 nitrogen and oxygen atoms in total. The predicted octanol–water partition coefficient (Wildman–Crippen LogP) is 3.88. The quantitative estimate of drug-likeness (QED) is 0.688. The Morgan fingerprint density at radius 3 is 2.57 bits per heavy atom. The van der Waals surface area contributed by atoms with Crippen molar-refractivity contribution in [2.45, 2.75) is 25.8 Å². The molecule has 1 aromatic carbocycles. The Balaban J connectivity index is 1.28. The number of likely N-dealkylation sites (N-methyl/N-ethyl adjacent to an activating group) is 1. The molecule has 0 bridgehead atoms. The van der Waals surface area contributed by atoms with Gasteiger partial charge in [0.25, 0.3) is 0 Å². The van der Waals surface area contributed by atoms with Gasteiger partial charge in [-0.25, -0.2) is 9.97 Å². The maximum absolute atomic E-state index is 6.49. The zero-order valence-electron chi connectivity index (χ0n) is 17.5. The number of nitrogens with zero attached hydrogens (tertiary/aromatic N) is 5. The molecule has 0 aliphatic carbocycles. The third-order valence-electron chi connectivity index (χ3n) is 6.64.